The first-order valence-corrected chi connectivity index (χ1v) is 5.77. The summed E-state index contributed by atoms with van der Waals surface area (Å²) in [5.74, 6) is 0.720. The largest absolute Gasteiger partial charge is 0.347 e. The molecule has 1 atom stereocenters. The zero-order chi connectivity index (χ0) is 12.1. The average molecular weight is 233 g/mol. The number of aromatic amines is 1. The molecule has 17 heavy (non-hydrogen) atoms. The van der Waals surface area contributed by atoms with E-state index in [1.165, 1.54) is 6.07 Å². The van der Waals surface area contributed by atoms with E-state index in [-0.39, 0.29) is 11.9 Å². The molecule has 0 aliphatic carbocycles. The third kappa shape index (κ3) is 2.91. The molecule has 1 aromatic heterocycles. The van der Waals surface area contributed by atoms with Crippen LogP contribution in [0, 0.1) is 5.82 Å². The van der Waals surface area contributed by atoms with Gasteiger partial charge in [-0.3, -0.25) is 0 Å². The Labute approximate surface area is 100 Å². The molecule has 0 radical (unpaired) electrons. The highest BCUT2D eigenvalue weighted by Crippen LogP contribution is 2.13. The van der Waals surface area contributed by atoms with Gasteiger partial charge in [0.05, 0.1) is 6.04 Å². The summed E-state index contributed by atoms with van der Waals surface area (Å²) in [6.07, 6.45) is 4.42. The predicted octanol–water partition coefficient (Wildman–Crippen LogP) is 2.79. The lowest BCUT2D eigenvalue weighted by atomic mass is 10.1. The highest BCUT2D eigenvalue weighted by molar-refractivity contribution is 5.17. The van der Waals surface area contributed by atoms with Crippen molar-refractivity contribution in [1.82, 2.24) is 15.3 Å². The van der Waals surface area contributed by atoms with Crippen LogP contribution in [0.25, 0.3) is 0 Å². The summed E-state index contributed by atoms with van der Waals surface area (Å²) in [7, 11) is 0. The molecule has 0 aliphatic heterocycles. The smallest absolute Gasteiger partial charge is 0.127 e. The highest BCUT2D eigenvalue weighted by Gasteiger charge is 2.11. The zero-order valence-corrected chi connectivity index (χ0v) is 9.78. The van der Waals surface area contributed by atoms with Crippen molar-refractivity contribution in [3.63, 3.8) is 0 Å². The Hall–Kier alpha value is -1.68. The van der Waals surface area contributed by atoms with Crippen LogP contribution in [0.5, 0.6) is 0 Å². The van der Waals surface area contributed by atoms with Crippen LogP contribution in [0.2, 0.25) is 0 Å². The molecule has 0 fully saturated rings. The van der Waals surface area contributed by atoms with Crippen molar-refractivity contribution >= 4 is 0 Å². The molecule has 90 valence electrons. The number of benzene rings is 1. The first kappa shape index (κ1) is 11.8. The van der Waals surface area contributed by atoms with Crippen LogP contribution in [0.15, 0.2) is 36.7 Å². The Morgan fingerprint density at radius 1 is 1.41 bits per heavy atom. The second-order valence-corrected chi connectivity index (χ2v) is 3.91. The van der Waals surface area contributed by atoms with Crippen molar-refractivity contribution in [3.05, 3.63) is 53.9 Å². The number of hydrogen-bond acceptors (Lipinski definition) is 2. The Morgan fingerprint density at radius 3 is 2.88 bits per heavy atom. The first-order chi connectivity index (χ1) is 8.31. The predicted molar refractivity (Wildman–Crippen MR) is 64.9 cm³/mol. The summed E-state index contributed by atoms with van der Waals surface area (Å²) >= 11 is 0. The maximum absolute atomic E-state index is 13.4. The van der Waals surface area contributed by atoms with Crippen LogP contribution < -0.4 is 5.32 Å². The van der Waals surface area contributed by atoms with E-state index in [1.807, 2.05) is 6.07 Å². The van der Waals surface area contributed by atoms with Crippen LogP contribution in [0.3, 0.4) is 0 Å². The van der Waals surface area contributed by atoms with Crippen molar-refractivity contribution in [1.29, 1.82) is 0 Å². The minimum Gasteiger partial charge on any atom is -0.347 e. The zero-order valence-electron chi connectivity index (χ0n) is 9.78. The molecule has 0 bridgehead atoms. The topological polar surface area (TPSA) is 40.7 Å². The molecule has 3 nitrogen and oxygen atoms in total. The van der Waals surface area contributed by atoms with Gasteiger partial charge in [0.25, 0.3) is 0 Å². The summed E-state index contributed by atoms with van der Waals surface area (Å²) in [5, 5.41) is 3.30. The van der Waals surface area contributed by atoms with Gasteiger partial charge in [-0.05, 0) is 12.5 Å². The van der Waals surface area contributed by atoms with Crippen molar-refractivity contribution in [2.45, 2.75) is 25.9 Å². The monoisotopic (exact) mass is 233 g/mol. The fourth-order valence-corrected chi connectivity index (χ4v) is 1.78. The molecule has 0 saturated carbocycles. The average Bonchev–Trinajstić information content (AvgIpc) is 2.86. The minimum atomic E-state index is -0.172. The van der Waals surface area contributed by atoms with Crippen molar-refractivity contribution in [3.8, 4) is 0 Å². The van der Waals surface area contributed by atoms with Crippen LogP contribution in [-0.2, 0) is 6.54 Å². The molecule has 0 saturated heterocycles. The van der Waals surface area contributed by atoms with E-state index in [4.69, 9.17) is 0 Å². The summed E-state index contributed by atoms with van der Waals surface area (Å²) < 4.78 is 13.4. The van der Waals surface area contributed by atoms with Gasteiger partial charge in [-0.1, -0.05) is 25.1 Å². The van der Waals surface area contributed by atoms with Crippen molar-refractivity contribution < 1.29 is 4.39 Å². The Bertz CT molecular complexity index is 453. The molecule has 1 aromatic carbocycles. The Morgan fingerprint density at radius 2 is 2.24 bits per heavy atom. The fourth-order valence-electron chi connectivity index (χ4n) is 1.78. The molecule has 0 spiro atoms. The second-order valence-electron chi connectivity index (χ2n) is 3.91. The quantitative estimate of drug-likeness (QED) is 0.833. The van der Waals surface area contributed by atoms with Gasteiger partial charge in [-0.15, -0.1) is 0 Å². The summed E-state index contributed by atoms with van der Waals surface area (Å²) in [6.45, 7) is 2.58. The Kier molecular flexibility index (Phi) is 3.88. The molecule has 1 unspecified atom stereocenters. The molecule has 0 aliphatic rings. The number of nitrogens with one attached hydrogen (secondary N) is 2. The Balaban J connectivity index is 2.00. The third-order valence-electron chi connectivity index (χ3n) is 2.75. The number of imidazole rings is 1. The first-order valence-electron chi connectivity index (χ1n) is 5.77. The summed E-state index contributed by atoms with van der Waals surface area (Å²) in [4.78, 5) is 7.28. The minimum absolute atomic E-state index is 0.129. The van der Waals surface area contributed by atoms with Crippen molar-refractivity contribution in [2.24, 2.45) is 0 Å². The normalized spacial score (nSPS) is 12.6. The van der Waals surface area contributed by atoms with Crippen LogP contribution in [0.1, 0.15) is 30.8 Å². The lowest BCUT2D eigenvalue weighted by molar-refractivity contribution is 0.486. The SMILES string of the molecule is CCC(NCc1ccccc1F)c1ncc[nH]1. The maximum atomic E-state index is 13.4. The summed E-state index contributed by atoms with van der Waals surface area (Å²) in [5.41, 5.74) is 0.678. The van der Waals surface area contributed by atoms with E-state index in [9.17, 15) is 4.39 Å². The number of aromatic nitrogens is 2. The summed E-state index contributed by atoms with van der Waals surface area (Å²) in [6, 6.07) is 6.93. The molecule has 2 N–H and O–H groups in total. The van der Waals surface area contributed by atoms with Crippen LogP contribution in [0.4, 0.5) is 4.39 Å². The lowest BCUT2D eigenvalue weighted by Gasteiger charge is -2.14. The fraction of sp³-hybridized carbons (Fsp3) is 0.308. The molecule has 4 heteroatoms. The van der Waals surface area contributed by atoms with Gasteiger partial charge >= 0.3 is 0 Å². The molecule has 2 rings (SSSR count). The van der Waals surface area contributed by atoms with E-state index < -0.39 is 0 Å². The molecule has 2 aromatic rings. The molecular weight excluding hydrogens is 217 g/mol. The van der Waals surface area contributed by atoms with E-state index in [2.05, 4.69) is 22.2 Å². The van der Waals surface area contributed by atoms with E-state index in [0.717, 1.165) is 12.2 Å². The molecule has 1 heterocycles. The van der Waals surface area contributed by atoms with Gasteiger partial charge in [0.1, 0.15) is 11.6 Å². The number of nitrogens with zero attached hydrogens (tertiary/aromatic N) is 1. The number of H-pyrrole nitrogens is 1. The maximum Gasteiger partial charge on any atom is 0.127 e. The van der Waals surface area contributed by atoms with Gasteiger partial charge in [0.2, 0.25) is 0 Å². The van der Waals surface area contributed by atoms with Gasteiger partial charge in [0.15, 0.2) is 0 Å². The molecular formula is C13H16FN3. The van der Waals surface area contributed by atoms with E-state index in [1.54, 1.807) is 24.5 Å². The number of hydrogen-bond donors (Lipinski definition) is 2. The number of halogens is 1. The highest BCUT2D eigenvalue weighted by atomic mass is 19.1. The van der Waals surface area contributed by atoms with Gasteiger partial charge < -0.3 is 10.3 Å². The third-order valence-corrected chi connectivity index (χ3v) is 2.75. The second kappa shape index (κ2) is 5.59. The van der Waals surface area contributed by atoms with Crippen LogP contribution in [-0.4, -0.2) is 9.97 Å². The van der Waals surface area contributed by atoms with Gasteiger partial charge in [-0.2, -0.15) is 0 Å². The molecule has 0 amide bonds. The number of rotatable bonds is 5. The lowest BCUT2D eigenvalue weighted by Crippen LogP contribution is -2.21. The van der Waals surface area contributed by atoms with Crippen molar-refractivity contribution in [2.75, 3.05) is 0 Å². The van der Waals surface area contributed by atoms with E-state index >= 15 is 0 Å². The standard InChI is InChI=1S/C13H16FN3/c1-2-12(13-15-7-8-16-13)17-9-10-5-3-4-6-11(10)14/h3-8,12,17H,2,9H2,1H3,(H,15,16). The van der Waals surface area contributed by atoms with Gasteiger partial charge in [-0.25, -0.2) is 9.37 Å². The van der Waals surface area contributed by atoms with Gasteiger partial charge in [0, 0.05) is 24.5 Å². The van der Waals surface area contributed by atoms with Crippen LogP contribution >= 0.6 is 0 Å². The van der Waals surface area contributed by atoms with E-state index in [0.29, 0.717) is 12.1 Å².